The lowest BCUT2D eigenvalue weighted by atomic mass is 10.2. The Kier molecular flexibility index (Phi) is 6.46. The fourth-order valence-electron chi connectivity index (χ4n) is 2.35. The van der Waals surface area contributed by atoms with Crippen molar-refractivity contribution in [2.75, 3.05) is 13.2 Å². The number of sulfonamides is 1. The van der Waals surface area contributed by atoms with E-state index >= 15 is 0 Å². The summed E-state index contributed by atoms with van der Waals surface area (Å²) in [5.41, 5.74) is 0.139. The Morgan fingerprint density at radius 2 is 1.79 bits per heavy atom. The topological polar surface area (TPSA) is 94.8 Å². The van der Waals surface area contributed by atoms with Crippen molar-refractivity contribution >= 4 is 16.0 Å². The average Bonchev–Trinajstić information content (AvgIpc) is 3.24. The van der Waals surface area contributed by atoms with Gasteiger partial charge in [-0.25, -0.2) is 17.9 Å². The highest BCUT2D eigenvalue weighted by Gasteiger charge is 2.17. The Hall–Kier alpha value is -3.10. The van der Waals surface area contributed by atoms with E-state index in [1.807, 2.05) is 18.2 Å². The molecule has 0 aliphatic heterocycles. The van der Waals surface area contributed by atoms with Gasteiger partial charge < -0.3 is 13.9 Å². The number of hydrogen-bond donors (Lipinski definition) is 1. The fourth-order valence-corrected chi connectivity index (χ4v) is 3.39. The molecule has 1 aromatic heterocycles. The maximum absolute atomic E-state index is 12.4. The van der Waals surface area contributed by atoms with E-state index in [4.69, 9.17) is 13.9 Å². The first-order chi connectivity index (χ1) is 13.5. The highest BCUT2D eigenvalue weighted by Crippen LogP contribution is 2.14. The normalized spacial score (nSPS) is 11.1. The van der Waals surface area contributed by atoms with Crippen LogP contribution in [-0.2, 0) is 21.3 Å². The van der Waals surface area contributed by atoms with Gasteiger partial charge in [0.25, 0.3) is 0 Å². The number of hydrogen-bond acceptors (Lipinski definition) is 6. The first-order valence-corrected chi connectivity index (χ1v) is 10.00. The summed E-state index contributed by atoms with van der Waals surface area (Å²) < 4.78 is 42.9. The van der Waals surface area contributed by atoms with Crippen LogP contribution in [0.25, 0.3) is 0 Å². The molecule has 0 radical (unpaired) electrons. The van der Waals surface area contributed by atoms with Gasteiger partial charge in [-0.2, -0.15) is 0 Å². The van der Waals surface area contributed by atoms with E-state index in [1.165, 1.54) is 30.5 Å². The smallest absolute Gasteiger partial charge is 0.338 e. The van der Waals surface area contributed by atoms with Crippen LogP contribution >= 0.6 is 0 Å². The number of carbonyl (C=O) groups is 1. The number of benzene rings is 2. The van der Waals surface area contributed by atoms with Crippen molar-refractivity contribution in [1.82, 2.24) is 4.72 Å². The van der Waals surface area contributed by atoms with E-state index in [-0.39, 0.29) is 30.2 Å². The Labute approximate surface area is 162 Å². The van der Waals surface area contributed by atoms with Crippen molar-refractivity contribution in [3.05, 3.63) is 84.3 Å². The Balaban J connectivity index is 1.55. The number of ether oxygens (including phenoxy) is 2. The van der Waals surface area contributed by atoms with Crippen LogP contribution in [-0.4, -0.2) is 27.6 Å². The highest BCUT2D eigenvalue weighted by atomic mass is 32.2. The standard InChI is InChI=1S/C20H19NO6S/c22-20(27-13-12-26-17-7-2-1-3-8-17)16-6-4-10-19(14-16)28(23,24)21-15-18-9-5-11-25-18/h1-11,14,21H,12-13,15H2. The van der Waals surface area contributed by atoms with E-state index in [1.54, 1.807) is 24.3 Å². The van der Waals surface area contributed by atoms with E-state index in [0.717, 1.165) is 0 Å². The Morgan fingerprint density at radius 3 is 2.54 bits per heavy atom. The lowest BCUT2D eigenvalue weighted by Crippen LogP contribution is -2.23. The lowest BCUT2D eigenvalue weighted by Gasteiger charge is -2.09. The molecule has 1 N–H and O–H groups in total. The van der Waals surface area contributed by atoms with Gasteiger partial charge in [0.05, 0.1) is 23.3 Å². The molecule has 3 rings (SSSR count). The summed E-state index contributed by atoms with van der Waals surface area (Å²) in [6.07, 6.45) is 1.46. The van der Waals surface area contributed by atoms with Crippen molar-refractivity contribution in [1.29, 1.82) is 0 Å². The molecular weight excluding hydrogens is 382 g/mol. The van der Waals surface area contributed by atoms with Crippen LogP contribution in [0.2, 0.25) is 0 Å². The molecule has 0 bridgehead atoms. The van der Waals surface area contributed by atoms with Gasteiger partial charge in [-0.1, -0.05) is 24.3 Å². The molecule has 146 valence electrons. The summed E-state index contributed by atoms with van der Waals surface area (Å²) in [6, 6.07) is 18.1. The number of rotatable bonds is 9. The molecule has 8 heteroatoms. The monoisotopic (exact) mass is 401 g/mol. The third kappa shape index (κ3) is 5.45. The number of furan rings is 1. The maximum Gasteiger partial charge on any atom is 0.338 e. The van der Waals surface area contributed by atoms with Gasteiger partial charge in [-0.15, -0.1) is 0 Å². The zero-order valence-electron chi connectivity index (χ0n) is 14.9. The minimum absolute atomic E-state index is 0.0147. The lowest BCUT2D eigenvalue weighted by molar-refractivity contribution is 0.0450. The maximum atomic E-state index is 12.4. The number of carbonyl (C=O) groups excluding carboxylic acids is 1. The van der Waals surface area contributed by atoms with Crippen molar-refractivity contribution < 1.29 is 27.1 Å². The van der Waals surface area contributed by atoms with Crippen LogP contribution in [0.5, 0.6) is 5.75 Å². The predicted octanol–water partition coefficient (Wildman–Crippen LogP) is 2.99. The third-order valence-corrected chi connectivity index (χ3v) is 5.12. The SMILES string of the molecule is O=C(OCCOc1ccccc1)c1cccc(S(=O)(=O)NCc2ccco2)c1. The van der Waals surface area contributed by atoms with Gasteiger partial charge in [0.2, 0.25) is 10.0 Å². The molecule has 0 spiro atoms. The quantitative estimate of drug-likeness (QED) is 0.438. The predicted molar refractivity (Wildman–Crippen MR) is 101 cm³/mol. The molecule has 7 nitrogen and oxygen atoms in total. The molecule has 3 aromatic rings. The molecule has 0 amide bonds. The van der Waals surface area contributed by atoms with E-state index in [0.29, 0.717) is 11.5 Å². The van der Waals surface area contributed by atoms with Crippen LogP contribution in [0.15, 0.2) is 82.3 Å². The van der Waals surface area contributed by atoms with Crippen LogP contribution in [0, 0.1) is 0 Å². The van der Waals surface area contributed by atoms with Crippen LogP contribution in [0.4, 0.5) is 0 Å². The highest BCUT2D eigenvalue weighted by molar-refractivity contribution is 7.89. The fraction of sp³-hybridized carbons (Fsp3) is 0.150. The summed E-state index contributed by atoms with van der Waals surface area (Å²) in [6.45, 7) is 0.251. The number of para-hydroxylation sites is 1. The third-order valence-electron chi connectivity index (χ3n) is 3.72. The van der Waals surface area contributed by atoms with E-state index in [2.05, 4.69) is 4.72 Å². The second kappa shape index (κ2) is 9.20. The van der Waals surface area contributed by atoms with Crippen LogP contribution in [0.3, 0.4) is 0 Å². The summed E-state index contributed by atoms with van der Waals surface area (Å²) in [7, 11) is -3.80. The van der Waals surface area contributed by atoms with Crippen LogP contribution < -0.4 is 9.46 Å². The molecule has 0 unspecified atom stereocenters. The number of nitrogens with one attached hydrogen (secondary N) is 1. The Bertz CT molecular complexity index is 1000. The van der Waals surface area contributed by atoms with Gasteiger partial charge in [-0.3, -0.25) is 0 Å². The molecule has 0 atom stereocenters. The number of esters is 1. The van der Waals surface area contributed by atoms with Gasteiger partial charge in [0.15, 0.2) is 0 Å². The molecular formula is C20H19NO6S. The molecule has 1 heterocycles. The molecule has 0 saturated heterocycles. The van der Waals surface area contributed by atoms with Gasteiger partial charge in [0, 0.05) is 0 Å². The zero-order chi connectivity index (χ0) is 19.8. The summed E-state index contributed by atoms with van der Waals surface area (Å²) in [5.74, 6) is 0.534. The second-order valence-electron chi connectivity index (χ2n) is 5.73. The minimum atomic E-state index is -3.80. The van der Waals surface area contributed by atoms with Gasteiger partial charge >= 0.3 is 5.97 Å². The largest absolute Gasteiger partial charge is 0.490 e. The zero-order valence-corrected chi connectivity index (χ0v) is 15.7. The van der Waals surface area contributed by atoms with Crippen molar-refractivity contribution in [2.45, 2.75) is 11.4 Å². The summed E-state index contributed by atoms with van der Waals surface area (Å²) in [4.78, 5) is 12.1. The molecule has 0 fully saturated rings. The summed E-state index contributed by atoms with van der Waals surface area (Å²) >= 11 is 0. The van der Waals surface area contributed by atoms with Crippen molar-refractivity contribution in [2.24, 2.45) is 0 Å². The minimum Gasteiger partial charge on any atom is -0.490 e. The van der Waals surface area contributed by atoms with E-state index in [9.17, 15) is 13.2 Å². The van der Waals surface area contributed by atoms with Crippen LogP contribution in [0.1, 0.15) is 16.1 Å². The van der Waals surface area contributed by atoms with Gasteiger partial charge in [0.1, 0.15) is 24.7 Å². The molecule has 0 aliphatic carbocycles. The average molecular weight is 401 g/mol. The first-order valence-electron chi connectivity index (χ1n) is 8.52. The molecule has 28 heavy (non-hydrogen) atoms. The van der Waals surface area contributed by atoms with Gasteiger partial charge in [-0.05, 0) is 42.5 Å². The summed E-state index contributed by atoms with van der Waals surface area (Å²) in [5, 5.41) is 0. The van der Waals surface area contributed by atoms with E-state index < -0.39 is 16.0 Å². The molecule has 2 aromatic carbocycles. The first kappa shape index (κ1) is 19.7. The molecule has 0 aliphatic rings. The van der Waals surface area contributed by atoms with Crippen molar-refractivity contribution in [3.63, 3.8) is 0 Å². The second-order valence-corrected chi connectivity index (χ2v) is 7.50. The van der Waals surface area contributed by atoms with Crippen molar-refractivity contribution in [3.8, 4) is 5.75 Å². The molecule has 0 saturated carbocycles. The Morgan fingerprint density at radius 1 is 0.964 bits per heavy atom.